The first-order valence-electron chi connectivity index (χ1n) is 11.7. The molecule has 31 heavy (non-hydrogen) atoms. The molecule has 1 amide bonds. The van der Waals surface area contributed by atoms with E-state index < -0.39 is 0 Å². The molecule has 6 heteroatoms. The van der Waals surface area contributed by atoms with Crippen molar-refractivity contribution in [3.8, 4) is 5.75 Å². The number of hydrogen-bond donors (Lipinski definition) is 0. The summed E-state index contributed by atoms with van der Waals surface area (Å²) < 4.78 is 7.73. The van der Waals surface area contributed by atoms with Crippen LogP contribution >= 0.6 is 0 Å². The Hall–Kier alpha value is -2.34. The number of rotatable bonds is 10. The van der Waals surface area contributed by atoms with Crippen LogP contribution in [0.4, 0.5) is 0 Å². The van der Waals surface area contributed by atoms with Crippen LogP contribution in [0.15, 0.2) is 36.7 Å². The van der Waals surface area contributed by atoms with E-state index in [2.05, 4.69) is 30.7 Å². The molecule has 6 nitrogen and oxygen atoms in total. The smallest absolute Gasteiger partial charge is 0.253 e. The number of piperidine rings is 1. The summed E-state index contributed by atoms with van der Waals surface area (Å²) in [7, 11) is 1.95. The lowest BCUT2D eigenvalue weighted by Gasteiger charge is -2.33. The molecule has 2 aromatic rings. The van der Waals surface area contributed by atoms with Crippen LogP contribution in [-0.4, -0.2) is 58.0 Å². The predicted octanol–water partition coefficient (Wildman–Crippen LogP) is 4.22. The van der Waals surface area contributed by atoms with Crippen LogP contribution < -0.4 is 4.74 Å². The highest BCUT2D eigenvalue weighted by Crippen LogP contribution is 2.23. The molecule has 0 saturated carbocycles. The summed E-state index contributed by atoms with van der Waals surface area (Å²) in [5, 5.41) is 0. The second kappa shape index (κ2) is 11.3. The molecule has 170 valence electrons. The third-order valence-corrected chi connectivity index (χ3v) is 6.22. The second-order valence-corrected chi connectivity index (χ2v) is 9.08. The van der Waals surface area contributed by atoms with Gasteiger partial charge in [0.05, 0.1) is 0 Å². The highest BCUT2D eigenvalue weighted by atomic mass is 16.5. The summed E-state index contributed by atoms with van der Waals surface area (Å²) in [6.07, 6.45) is 7.11. The van der Waals surface area contributed by atoms with E-state index in [0.29, 0.717) is 12.5 Å². The largest absolute Gasteiger partial charge is 0.486 e. The first-order chi connectivity index (χ1) is 15.0. The minimum absolute atomic E-state index is 0.129. The molecule has 1 saturated heterocycles. The summed E-state index contributed by atoms with van der Waals surface area (Å²) in [6, 6.07) is 7.48. The van der Waals surface area contributed by atoms with Gasteiger partial charge in [-0.05, 0) is 68.5 Å². The molecular formula is C25H38N4O2. The molecule has 1 aromatic carbocycles. The third-order valence-electron chi connectivity index (χ3n) is 6.22. The molecule has 0 atom stereocenters. The van der Waals surface area contributed by atoms with Gasteiger partial charge in [0.1, 0.15) is 18.2 Å². The number of aryl methyl sites for hydroxylation is 1. The molecule has 0 unspecified atom stereocenters. The fourth-order valence-corrected chi connectivity index (χ4v) is 4.24. The number of aromatic nitrogens is 2. The first kappa shape index (κ1) is 23.3. The number of amides is 1. The zero-order valence-corrected chi connectivity index (χ0v) is 19.6. The number of carbonyl (C=O) groups is 1. The van der Waals surface area contributed by atoms with Crippen molar-refractivity contribution < 1.29 is 9.53 Å². The predicted molar refractivity (Wildman–Crippen MR) is 124 cm³/mol. The summed E-state index contributed by atoms with van der Waals surface area (Å²) >= 11 is 0. The molecule has 0 N–H and O–H groups in total. The Kier molecular flexibility index (Phi) is 8.52. The molecule has 0 spiro atoms. The Morgan fingerprint density at radius 3 is 2.52 bits per heavy atom. The minimum atomic E-state index is 0.129. The number of benzene rings is 1. The van der Waals surface area contributed by atoms with Crippen LogP contribution in [0.3, 0.4) is 0 Å². The van der Waals surface area contributed by atoms with Gasteiger partial charge < -0.3 is 19.1 Å². The molecule has 3 rings (SSSR count). The van der Waals surface area contributed by atoms with E-state index in [-0.39, 0.29) is 5.91 Å². The third kappa shape index (κ3) is 6.82. The van der Waals surface area contributed by atoms with E-state index in [9.17, 15) is 4.79 Å². The van der Waals surface area contributed by atoms with Crippen LogP contribution in [0, 0.1) is 11.8 Å². The quantitative estimate of drug-likeness (QED) is 0.571. The maximum Gasteiger partial charge on any atom is 0.253 e. The van der Waals surface area contributed by atoms with Crippen molar-refractivity contribution in [2.45, 2.75) is 46.6 Å². The monoisotopic (exact) mass is 426 g/mol. The van der Waals surface area contributed by atoms with E-state index >= 15 is 0 Å². The highest BCUT2D eigenvalue weighted by molar-refractivity contribution is 5.94. The van der Waals surface area contributed by atoms with E-state index in [1.807, 2.05) is 47.0 Å². The van der Waals surface area contributed by atoms with Crippen LogP contribution in [0.25, 0.3) is 0 Å². The maximum absolute atomic E-state index is 12.9. The Morgan fingerprint density at radius 2 is 1.94 bits per heavy atom. The number of carbonyl (C=O) groups excluding carboxylic acids is 1. The van der Waals surface area contributed by atoms with Crippen LogP contribution in [-0.2, 0) is 13.7 Å². The van der Waals surface area contributed by atoms with Crippen LogP contribution in [0.2, 0.25) is 0 Å². The van der Waals surface area contributed by atoms with Gasteiger partial charge in [0.15, 0.2) is 0 Å². The normalized spacial score (nSPS) is 15.1. The molecule has 1 aliphatic heterocycles. The fraction of sp³-hybridized carbons (Fsp3) is 0.600. The maximum atomic E-state index is 12.9. The summed E-state index contributed by atoms with van der Waals surface area (Å²) in [5.74, 6) is 3.19. The standard InChI is InChI=1S/C25H38N4O2/c1-5-28(18-20(2)3)14-10-21-11-15-29(16-12-21)25(30)22-6-8-23(9-7-22)31-19-24-26-13-17-27(24)4/h6-9,13,17,20-21H,5,10-12,14-16,18-19H2,1-4H3. The second-order valence-electron chi connectivity index (χ2n) is 9.08. The fourth-order valence-electron chi connectivity index (χ4n) is 4.24. The van der Waals surface area contributed by atoms with Crippen molar-refractivity contribution in [1.29, 1.82) is 0 Å². The lowest BCUT2D eigenvalue weighted by Crippen LogP contribution is -2.39. The van der Waals surface area contributed by atoms with E-state index in [4.69, 9.17) is 4.74 Å². The summed E-state index contributed by atoms with van der Waals surface area (Å²) in [6.45, 7) is 12.4. The Morgan fingerprint density at radius 1 is 1.23 bits per heavy atom. The molecule has 1 fully saturated rings. The van der Waals surface area contributed by atoms with Crippen LogP contribution in [0.5, 0.6) is 5.75 Å². The zero-order valence-electron chi connectivity index (χ0n) is 19.6. The number of hydrogen-bond acceptors (Lipinski definition) is 4. The van der Waals surface area contributed by atoms with Crippen molar-refractivity contribution in [3.05, 3.63) is 48.0 Å². The van der Waals surface area contributed by atoms with Crippen LogP contribution in [0.1, 0.15) is 56.2 Å². The molecule has 2 heterocycles. The van der Waals surface area contributed by atoms with Gasteiger partial charge in [0, 0.05) is 44.6 Å². The van der Waals surface area contributed by atoms with Gasteiger partial charge in [-0.2, -0.15) is 0 Å². The molecule has 0 bridgehead atoms. The van der Waals surface area contributed by atoms with Gasteiger partial charge in [-0.25, -0.2) is 4.98 Å². The minimum Gasteiger partial charge on any atom is -0.486 e. The number of ether oxygens (including phenoxy) is 1. The lowest BCUT2D eigenvalue weighted by molar-refractivity contribution is 0.0680. The Balaban J connectivity index is 1.43. The van der Waals surface area contributed by atoms with Gasteiger partial charge in [-0.1, -0.05) is 20.8 Å². The van der Waals surface area contributed by atoms with Gasteiger partial charge in [-0.15, -0.1) is 0 Å². The summed E-state index contributed by atoms with van der Waals surface area (Å²) in [4.78, 5) is 21.7. The molecule has 1 aliphatic rings. The topological polar surface area (TPSA) is 50.6 Å². The van der Waals surface area contributed by atoms with Gasteiger partial charge in [0.2, 0.25) is 0 Å². The molecule has 1 aromatic heterocycles. The van der Waals surface area contributed by atoms with E-state index in [1.165, 1.54) is 19.5 Å². The average Bonchev–Trinajstić information content (AvgIpc) is 3.20. The number of nitrogens with zero attached hydrogens (tertiary/aromatic N) is 4. The van der Waals surface area contributed by atoms with Gasteiger partial charge in [0.25, 0.3) is 5.91 Å². The molecular weight excluding hydrogens is 388 g/mol. The van der Waals surface area contributed by atoms with Crippen molar-refractivity contribution in [3.63, 3.8) is 0 Å². The van der Waals surface area contributed by atoms with Gasteiger partial charge in [-0.3, -0.25) is 4.79 Å². The van der Waals surface area contributed by atoms with E-state index in [0.717, 1.165) is 55.5 Å². The highest BCUT2D eigenvalue weighted by Gasteiger charge is 2.24. The zero-order chi connectivity index (χ0) is 22.2. The number of likely N-dealkylation sites (tertiary alicyclic amines) is 1. The molecule has 0 radical (unpaired) electrons. The number of imidazole rings is 1. The Bertz CT molecular complexity index is 807. The lowest BCUT2D eigenvalue weighted by atomic mass is 9.93. The van der Waals surface area contributed by atoms with Gasteiger partial charge >= 0.3 is 0 Å². The molecule has 0 aliphatic carbocycles. The van der Waals surface area contributed by atoms with E-state index in [1.54, 1.807) is 6.20 Å². The van der Waals surface area contributed by atoms with Crippen molar-refractivity contribution in [2.75, 3.05) is 32.7 Å². The van der Waals surface area contributed by atoms with Crippen molar-refractivity contribution in [2.24, 2.45) is 18.9 Å². The van der Waals surface area contributed by atoms with Crippen molar-refractivity contribution >= 4 is 5.91 Å². The summed E-state index contributed by atoms with van der Waals surface area (Å²) in [5.41, 5.74) is 0.733. The SMILES string of the molecule is CCN(CCC1CCN(C(=O)c2ccc(OCc3nccn3C)cc2)CC1)CC(C)C. The average molecular weight is 427 g/mol. The van der Waals surface area contributed by atoms with Crippen molar-refractivity contribution in [1.82, 2.24) is 19.4 Å². The first-order valence-corrected chi connectivity index (χ1v) is 11.7. The Labute approximate surface area is 187 Å².